The molecular weight excluding hydrogens is 526 g/mol. The van der Waals surface area contributed by atoms with Gasteiger partial charge in [0.15, 0.2) is 0 Å². The van der Waals surface area contributed by atoms with Gasteiger partial charge < -0.3 is 24.8 Å². The maximum Gasteiger partial charge on any atom is 0.247 e. The van der Waals surface area contributed by atoms with E-state index in [4.69, 9.17) is 4.74 Å². The van der Waals surface area contributed by atoms with Gasteiger partial charge in [-0.05, 0) is 61.2 Å². The number of fused-ring (bicyclic) bond motifs is 1. The predicted molar refractivity (Wildman–Crippen MR) is 170 cm³/mol. The average molecular weight is 566 g/mol. The lowest BCUT2D eigenvalue weighted by atomic mass is 10.00. The molecule has 2 fully saturated rings. The fourth-order valence-electron chi connectivity index (χ4n) is 6.16. The molecular formula is C33H39N7O2. The van der Waals surface area contributed by atoms with E-state index in [1.807, 2.05) is 19.2 Å². The van der Waals surface area contributed by atoms with Crippen molar-refractivity contribution in [3.63, 3.8) is 0 Å². The van der Waals surface area contributed by atoms with Crippen LogP contribution in [0.5, 0.6) is 0 Å². The van der Waals surface area contributed by atoms with E-state index < -0.39 is 0 Å². The maximum atomic E-state index is 12.5. The minimum atomic E-state index is -0.227. The summed E-state index contributed by atoms with van der Waals surface area (Å²) in [7, 11) is 2.05. The Morgan fingerprint density at radius 2 is 1.86 bits per heavy atom. The zero-order valence-corrected chi connectivity index (χ0v) is 24.5. The highest BCUT2D eigenvalue weighted by Crippen LogP contribution is 2.36. The number of hydrogen-bond acceptors (Lipinski definition) is 7. The van der Waals surface area contributed by atoms with Crippen LogP contribution in [0.3, 0.4) is 0 Å². The molecule has 2 N–H and O–H groups in total. The molecule has 0 radical (unpaired) electrons. The van der Waals surface area contributed by atoms with Gasteiger partial charge in [0.1, 0.15) is 12.1 Å². The zero-order chi connectivity index (χ0) is 29.1. The van der Waals surface area contributed by atoms with Crippen LogP contribution >= 0.6 is 0 Å². The summed E-state index contributed by atoms with van der Waals surface area (Å²) in [6.45, 7) is 11.4. The molecule has 0 saturated carbocycles. The maximum absolute atomic E-state index is 12.5. The molecule has 9 heteroatoms. The smallest absolute Gasteiger partial charge is 0.247 e. The first-order valence-corrected chi connectivity index (χ1v) is 14.8. The van der Waals surface area contributed by atoms with Crippen LogP contribution in [-0.2, 0) is 23.0 Å². The van der Waals surface area contributed by atoms with Gasteiger partial charge in [-0.2, -0.15) is 0 Å². The highest BCUT2D eigenvalue weighted by molar-refractivity contribution is 6.02. The lowest BCUT2D eigenvalue weighted by Gasteiger charge is -2.41. The number of hydrogen-bond donors (Lipinski definition) is 2. The van der Waals surface area contributed by atoms with Gasteiger partial charge in [-0.25, -0.2) is 9.97 Å². The Labute approximate surface area is 247 Å². The highest BCUT2D eigenvalue weighted by Gasteiger charge is 2.27. The van der Waals surface area contributed by atoms with Crippen molar-refractivity contribution in [3.8, 4) is 11.3 Å². The topological polar surface area (TPSA) is 87.5 Å². The van der Waals surface area contributed by atoms with Gasteiger partial charge in [0.25, 0.3) is 0 Å². The van der Waals surface area contributed by atoms with Crippen LogP contribution < -0.4 is 15.5 Å². The van der Waals surface area contributed by atoms with Gasteiger partial charge >= 0.3 is 0 Å². The van der Waals surface area contributed by atoms with Gasteiger partial charge in [0.2, 0.25) is 5.91 Å². The van der Waals surface area contributed by atoms with Gasteiger partial charge in [-0.3, -0.25) is 9.69 Å². The third-order valence-electron chi connectivity index (χ3n) is 8.52. The standard InChI is InChI=1S/C33H39N7O2/c1-4-23-19-31(40-12-9-26(10-13-40)39-14-16-42-17-15-39)29(37-33(41)5-2)20-28(23)36-32-21-27(34-22-35-32)24-6-7-30-25(18-24)8-11-38(30)3/h5-8,11,18-22,26H,2,4,9-10,12-17H2,1,3H3,(H,37,41)(H,34,35,36). The molecule has 0 unspecified atom stereocenters. The number of ether oxygens (including phenoxy) is 1. The highest BCUT2D eigenvalue weighted by atomic mass is 16.5. The molecule has 1 amide bonds. The number of anilines is 4. The van der Waals surface area contributed by atoms with E-state index in [1.165, 1.54) is 17.0 Å². The third-order valence-corrected chi connectivity index (χ3v) is 8.52. The average Bonchev–Trinajstić information content (AvgIpc) is 3.41. The van der Waals surface area contributed by atoms with E-state index in [-0.39, 0.29) is 5.91 Å². The molecule has 2 aliphatic heterocycles. The van der Waals surface area contributed by atoms with Crippen LogP contribution in [-0.4, -0.2) is 70.8 Å². The number of carbonyl (C=O) groups excluding carboxylic acids is 1. The molecule has 2 aromatic carbocycles. The fraction of sp³-hybridized carbons (Fsp3) is 0.364. The van der Waals surface area contributed by atoms with Crippen LogP contribution in [0.4, 0.5) is 22.9 Å². The van der Waals surface area contributed by atoms with Crippen LogP contribution in [0.25, 0.3) is 22.2 Å². The van der Waals surface area contributed by atoms with Gasteiger partial charge in [0.05, 0.1) is 30.3 Å². The summed E-state index contributed by atoms with van der Waals surface area (Å²) in [5.41, 5.74) is 6.94. The van der Waals surface area contributed by atoms with Crippen molar-refractivity contribution in [3.05, 3.63) is 73.2 Å². The predicted octanol–water partition coefficient (Wildman–Crippen LogP) is 5.37. The Hall–Kier alpha value is -4.21. The molecule has 6 rings (SSSR count). The number of aryl methyl sites for hydroxylation is 2. The van der Waals surface area contributed by atoms with E-state index in [0.717, 1.165) is 92.5 Å². The van der Waals surface area contributed by atoms with Crippen molar-refractivity contribution in [2.24, 2.45) is 7.05 Å². The first kappa shape index (κ1) is 27.9. The normalized spacial score (nSPS) is 16.5. The van der Waals surface area contributed by atoms with Crippen molar-refractivity contribution < 1.29 is 9.53 Å². The number of amides is 1. The summed E-state index contributed by atoms with van der Waals surface area (Å²) in [5.74, 6) is 0.471. The lowest BCUT2D eigenvalue weighted by molar-refractivity contribution is -0.111. The Morgan fingerprint density at radius 1 is 1.05 bits per heavy atom. The molecule has 2 saturated heterocycles. The molecule has 0 spiro atoms. The summed E-state index contributed by atoms with van der Waals surface area (Å²) in [6, 6.07) is 15.3. The molecule has 0 aliphatic carbocycles. The number of carbonyl (C=O) groups is 1. The first-order valence-electron chi connectivity index (χ1n) is 14.8. The summed E-state index contributed by atoms with van der Waals surface area (Å²) in [4.78, 5) is 26.5. The van der Waals surface area contributed by atoms with Crippen molar-refractivity contribution >= 4 is 39.7 Å². The van der Waals surface area contributed by atoms with E-state index in [1.54, 1.807) is 6.33 Å². The van der Waals surface area contributed by atoms with E-state index in [2.05, 4.69) is 85.0 Å². The fourth-order valence-corrected chi connectivity index (χ4v) is 6.16. The molecule has 0 atom stereocenters. The number of morpholine rings is 1. The van der Waals surface area contributed by atoms with Crippen LogP contribution in [0.15, 0.2) is 67.6 Å². The lowest BCUT2D eigenvalue weighted by Crippen LogP contribution is -2.49. The van der Waals surface area contributed by atoms with Crippen LogP contribution in [0.2, 0.25) is 0 Å². The van der Waals surface area contributed by atoms with E-state index in [0.29, 0.717) is 11.9 Å². The Kier molecular flexibility index (Phi) is 8.21. The molecule has 4 aromatic rings. The molecule has 2 aromatic heterocycles. The molecule has 0 bridgehead atoms. The summed E-state index contributed by atoms with van der Waals surface area (Å²) in [5, 5.41) is 7.75. The molecule has 4 heterocycles. The first-order chi connectivity index (χ1) is 20.5. The van der Waals surface area contributed by atoms with E-state index in [9.17, 15) is 4.79 Å². The van der Waals surface area contributed by atoms with Crippen molar-refractivity contribution in [2.75, 3.05) is 54.9 Å². The molecule has 2 aliphatic rings. The zero-order valence-electron chi connectivity index (χ0n) is 24.5. The quantitative estimate of drug-likeness (QED) is 0.278. The summed E-state index contributed by atoms with van der Waals surface area (Å²) in [6.07, 6.45) is 7.98. The summed E-state index contributed by atoms with van der Waals surface area (Å²) < 4.78 is 7.66. The van der Waals surface area contributed by atoms with Crippen molar-refractivity contribution in [1.29, 1.82) is 0 Å². The molecule has 218 valence electrons. The Bertz CT molecular complexity index is 1580. The second-order valence-corrected chi connectivity index (χ2v) is 11.1. The number of aromatic nitrogens is 3. The summed E-state index contributed by atoms with van der Waals surface area (Å²) >= 11 is 0. The Balaban J connectivity index is 1.26. The van der Waals surface area contributed by atoms with Crippen molar-refractivity contribution in [2.45, 2.75) is 32.2 Å². The molecule has 9 nitrogen and oxygen atoms in total. The minimum absolute atomic E-state index is 0.227. The van der Waals surface area contributed by atoms with Crippen LogP contribution in [0.1, 0.15) is 25.3 Å². The van der Waals surface area contributed by atoms with Gasteiger partial charge in [-0.1, -0.05) is 19.6 Å². The van der Waals surface area contributed by atoms with Gasteiger partial charge in [-0.15, -0.1) is 0 Å². The van der Waals surface area contributed by atoms with Crippen LogP contribution in [0, 0.1) is 0 Å². The minimum Gasteiger partial charge on any atom is -0.379 e. The largest absolute Gasteiger partial charge is 0.379 e. The monoisotopic (exact) mass is 565 g/mol. The number of benzene rings is 2. The molecule has 42 heavy (non-hydrogen) atoms. The SMILES string of the molecule is C=CC(=O)Nc1cc(Nc2cc(-c3ccc4c(ccn4C)c3)ncn2)c(CC)cc1N1CCC(N2CCOCC2)CC1. The number of nitrogens with one attached hydrogen (secondary N) is 2. The third kappa shape index (κ3) is 5.89. The second kappa shape index (κ2) is 12.3. The number of rotatable bonds is 8. The Morgan fingerprint density at radius 3 is 2.62 bits per heavy atom. The van der Waals surface area contributed by atoms with E-state index >= 15 is 0 Å². The number of nitrogens with zero attached hydrogens (tertiary/aromatic N) is 5. The second-order valence-electron chi connectivity index (χ2n) is 11.1. The number of piperidine rings is 1. The van der Waals surface area contributed by atoms with Crippen molar-refractivity contribution in [1.82, 2.24) is 19.4 Å². The van der Waals surface area contributed by atoms with Gasteiger partial charge in [0, 0.05) is 73.7 Å².